The van der Waals surface area contributed by atoms with Gasteiger partial charge in [0.25, 0.3) is 0 Å². The Morgan fingerprint density at radius 3 is 2.41 bits per heavy atom. The predicted molar refractivity (Wildman–Crippen MR) is 96.8 cm³/mol. The zero-order chi connectivity index (χ0) is 16.1. The molecule has 0 fully saturated rings. The van der Waals surface area contributed by atoms with Crippen molar-refractivity contribution in [2.24, 2.45) is 0 Å². The lowest BCUT2D eigenvalue weighted by molar-refractivity contribution is -0.110. The van der Waals surface area contributed by atoms with E-state index in [0.29, 0.717) is 12.0 Å². The molecule has 1 atom stereocenters. The van der Waals surface area contributed by atoms with Gasteiger partial charge in [0.15, 0.2) is 10.9 Å². The van der Waals surface area contributed by atoms with E-state index in [-0.39, 0.29) is 15.7 Å². The van der Waals surface area contributed by atoms with Crippen molar-refractivity contribution in [3.05, 3.63) is 59.7 Å². The molecule has 0 aromatic heterocycles. The van der Waals surface area contributed by atoms with Gasteiger partial charge < -0.3 is 0 Å². The molecule has 2 aromatic rings. The van der Waals surface area contributed by atoms with Gasteiger partial charge in [0, 0.05) is 12.0 Å². The average molecular weight is 377 g/mol. The molecule has 0 spiro atoms. The maximum atomic E-state index is 12.2. The number of Topliss-reactive ketones (excluding diaryl/α,β-unsaturated/α-hetero) is 1. The molecule has 1 unspecified atom stereocenters. The Bertz CT molecular complexity index is 681. The molecule has 2 aromatic carbocycles. The van der Waals surface area contributed by atoms with Gasteiger partial charge in [-0.05, 0) is 35.9 Å². The zero-order valence-electron chi connectivity index (χ0n) is 12.5. The smallest absolute Gasteiger partial charge is 0.193 e. The summed E-state index contributed by atoms with van der Waals surface area (Å²) in [7, 11) is 0. The van der Waals surface area contributed by atoms with Crippen LogP contribution in [0.3, 0.4) is 0 Å². The standard InChI is InChI=1S/C18H17BrO2S/c1-12(19)18(21)14-8-9-16(13-6-4-3-5-7-13)15(10-14)11-17(20)22-2/h3-10,12H,11H2,1-2H3. The van der Waals surface area contributed by atoms with Gasteiger partial charge in [0.05, 0.1) is 4.83 Å². The predicted octanol–water partition coefficient (Wildman–Crippen LogP) is 4.75. The molecule has 0 heterocycles. The summed E-state index contributed by atoms with van der Waals surface area (Å²) in [6.45, 7) is 1.81. The summed E-state index contributed by atoms with van der Waals surface area (Å²) in [5, 5.41) is 0.0914. The van der Waals surface area contributed by atoms with Crippen molar-refractivity contribution >= 4 is 38.6 Å². The second-order valence-corrected chi connectivity index (χ2v) is 7.21. The van der Waals surface area contributed by atoms with Gasteiger partial charge in [-0.15, -0.1) is 0 Å². The normalized spacial score (nSPS) is 12.0. The molecule has 0 radical (unpaired) electrons. The van der Waals surface area contributed by atoms with E-state index in [1.165, 1.54) is 11.8 Å². The Balaban J connectivity index is 2.49. The van der Waals surface area contributed by atoms with E-state index in [4.69, 9.17) is 0 Å². The van der Waals surface area contributed by atoms with Gasteiger partial charge in [-0.1, -0.05) is 70.2 Å². The van der Waals surface area contributed by atoms with E-state index >= 15 is 0 Å². The maximum absolute atomic E-state index is 12.2. The van der Waals surface area contributed by atoms with E-state index in [1.807, 2.05) is 48.5 Å². The first-order chi connectivity index (χ1) is 10.5. The summed E-state index contributed by atoms with van der Waals surface area (Å²) in [6.07, 6.45) is 2.10. The van der Waals surface area contributed by atoms with E-state index in [9.17, 15) is 9.59 Å². The van der Waals surface area contributed by atoms with Crippen molar-refractivity contribution in [2.45, 2.75) is 18.2 Å². The molecule has 114 valence electrons. The van der Waals surface area contributed by atoms with Crippen LogP contribution in [0.4, 0.5) is 0 Å². The van der Waals surface area contributed by atoms with Crippen molar-refractivity contribution in [2.75, 3.05) is 6.26 Å². The molecule has 2 rings (SSSR count). The summed E-state index contributed by atoms with van der Waals surface area (Å²) < 4.78 is 0. The van der Waals surface area contributed by atoms with Gasteiger partial charge in [0.1, 0.15) is 0 Å². The number of alkyl halides is 1. The molecule has 0 saturated carbocycles. The molecule has 0 aliphatic carbocycles. The van der Waals surface area contributed by atoms with Gasteiger partial charge in [-0.2, -0.15) is 0 Å². The lowest BCUT2D eigenvalue weighted by atomic mass is 9.94. The topological polar surface area (TPSA) is 34.1 Å². The van der Waals surface area contributed by atoms with Crippen LogP contribution in [-0.4, -0.2) is 22.0 Å². The molecule has 22 heavy (non-hydrogen) atoms. The van der Waals surface area contributed by atoms with Gasteiger partial charge in [0.2, 0.25) is 0 Å². The lowest BCUT2D eigenvalue weighted by Gasteiger charge is -2.12. The Morgan fingerprint density at radius 2 is 1.82 bits per heavy atom. The molecule has 0 aliphatic rings. The third kappa shape index (κ3) is 4.08. The van der Waals surface area contributed by atoms with Crippen LogP contribution < -0.4 is 0 Å². The summed E-state index contributed by atoms with van der Waals surface area (Å²) in [5.74, 6) is 0.0254. The van der Waals surface area contributed by atoms with E-state index < -0.39 is 0 Å². The largest absolute Gasteiger partial charge is 0.293 e. The number of benzene rings is 2. The molecule has 2 nitrogen and oxygen atoms in total. The highest BCUT2D eigenvalue weighted by molar-refractivity contribution is 9.10. The summed E-state index contributed by atoms with van der Waals surface area (Å²) in [4.78, 5) is 23.8. The SMILES string of the molecule is CSC(=O)Cc1cc(C(=O)C(C)Br)ccc1-c1ccccc1. The van der Waals surface area contributed by atoms with Crippen molar-refractivity contribution in [1.82, 2.24) is 0 Å². The summed E-state index contributed by atoms with van der Waals surface area (Å²) in [6, 6.07) is 15.5. The van der Waals surface area contributed by atoms with Crippen LogP contribution in [0, 0.1) is 0 Å². The number of hydrogen-bond acceptors (Lipinski definition) is 3. The average Bonchev–Trinajstić information content (AvgIpc) is 2.54. The van der Waals surface area contributed by atoms with Crippen LogP contribution in [0.2, 0.25) is 0 Å². The van der Waals surface area contributed by atoms with E-state index in [0.717, 1.165) is 16.7 Å². The first-order valence-electron chi connectivity index (χ1n) is 6.96. The Kier molecular flexibility index (Phi) is 5.98. The van der Waals surface area contributed by atoms with Crippen molar-refractivity contribution in [3.8, 4) is 11.1 Å². The Hall–Kier alpha value is -1.39. The highest BCUT2D eigenvalue weighted by Gasteiger charge is 2.16. The molecular formula is C18H17BrO2S. The fourth-order valence-electron chi connectivity index (χ4n) is 2.25. The maximum Gasteiger partial charge on any atom is 0.193 e. The minimum absolute atomic E-state index is 0.0254. The number of carbonyl (C=O) groups excluding carboxylic acids is 2. The highest BCUT2D eigenvalue weighted by Crippen LogP contribution is 2.27. The molecule has 0 saturated heterocycles. The van der Waals surface area contributed by atoms with Crippen LogP contribution in [0.15, 0.2) is 48.5 Å². The summed E-state index contributed by atoms with van der Waals surface area (Å²) >= 11 is 4.52. The number of carbonyl (C=O) groups is 2. The number of rotatable bonds is 5. The van der Waals surface area contributed by atoms with Crippen LogP contribution in [0.1, 0.15) is 22.8 Å². The van der Waals surface area contributed by atoms with Crippen LogP contribution in [0.5, 0.6) is 0 Å². The van der Waals surface area contributed by atoms with Gasteiger partial charge in [-0.25, -0.2) is 0 Å². The van der Waals surface area contributed by atoms with Crippen molar-refractivity contribution in [1.29, 1.82) is 0 Å². The van der Waals surface area contributed by atoms with Crippen LogP contribution in [0.25, 0.3) is 11.1 Å². The Morgan fingerprint density at radius 1 is 1.14 bits per heavy atom. The molecule has 4 heteroatoms. The highest BCUT2D eigenvalue weighted by atomic mass is 79.9. The Labute approximate surface area is 143 Å². The number of thioether (sulfide) groups is 1. The van der Waals surface area contributed by atoms with Crippen molar-refractivity contribution in [3.63, 3.8) is 0 Å². The molecule has 0 aliphatic heterocycles. The fourth-order valence-corrected chi connectivity index (χ4v) is 2.81. The monoisotopic (exact) mass is 376 g/mol. The van der Waals surface area contributed by atoms with E-state index in [1.54, 1.807) is 13.2 Å². The van der Waals surface area contributed by atoms with Gasteiger partial charge in [-0.3, -0.25) is 9.59 Å². The van der Waals surface area contributed by atoms with Crippen molar-refractivity contribution < 1.29 is 9.59 Å². The first-order valence-corrected chi connectivity index (χ1v) is 9.10. The number of ketones is 1. The lowest BCUT2D eigenvalue weighted by Crippen LogP contribution is -2.11. The first kappa shape index (κ1) is 17.0. The third-order valence-corrected chi connectivity index (χ3v) is 4.41. The third-order valence-electron chi connectivity index (χ3n) is 3.40. The second-order valence-electron chi connectivity index (χ2n) is 4.97. The molecule has 0 N–H and O–H groups in total. The second kappa shape index (κ2) is 7.75. The van der Waals surface area contributed by atoms with Crippen LogP contribution >= 0.6 is 27.7 Å². The van der Waals surface area contributed by atoms with Gasteiger partial charge >= 0.3 is 0 Å². The molecule has 0 bridgehead atoms. The molecule has 0 amide bonds. The fraction of sp³-hybridized carbons (Fsp3) is 0.222. The summed E-state index contributed by atoms with van der Waals surface area (Å²) in [5.41, 5.74) is 3.58. The van der Waals surface area contributed by atoms with E-state index in [2.05, 4.69) is 15.9 Å². The number of halogens is 1. The number of hydrogen-bond donors (Lipinski definition) is 0. The minimum Gasteiger partial charge on any atom is -0.293 e. The quantitative estimate of drug-likeness (QED) is 0.557. The molecular weight excluding hydrogens is 360 g/mol. The minimum atomic E-state index is -0.237. The zero-order valence-corrected chi connectivity index (χ0v) is 14.9. The van der Waals surface area contributed by atoms with Crippen LogP contribution in [-0.2, 0) is 11.2 Å².